The van der Waals surface area contributed by atoms with Crippen LogP contribution in [0.2, 0.25) is 0 Å². The molecule has 3 N–H and O–H groups in total. The number of hydrogen-bond donors (Lipinski definition) is 3. The summed E-state index contributed by atoms with van der Waals surface area (Å²) in [4.78, 5) is 4.35. The molecule has 1 atom stereocenters. The van der Waals surface area contributed by atoms with Crippen molar-refractivity contribution >= 4 is 5.96 Å². The van der Waals surface area contributed by atoms with Crippen LogP contribution in [0.3, 0.4) is 0 Å². The number of aliphatic imine (C=N–C) groups is 1. The second-order valence-electron chi connectivity index (χ2n) is 5.13. The van der Waals surface area contributed by atoms with E-state index in [9.17, 15) is 5.11 Å². The van der Waals surface area contributed by atoms with Gasteiger partial charge in [0.15, 0.2) is 5.96 Å². The second-order valence-corrected chi connectivity index (χ2v) is 5.13. The van der Waals surface area contributed by atoms with Crippen LogP contribution < -0.4 is 10.6 Å². The van der Waals surface area contributed by atoms with Crippen molar-refractivity contribution in [1.82, 2.24) is 10.6 Å². The smallest absolute Gasteiger partial charge is 0.191 e. The number of methoxy groups -OCH3 is 1. The van der Waals surface area contributed by atoms with E-state index in [1.165, 1.54) is 12.8 Å². The molecule has 1 unspecified atom stereocenters. The van der Waals surface area contributed by atoms with Crippen molar-refractivity contribution in [2.24, 2.45) is 10.9 Å². The van der Waals surface area contributed by atoms with E-state index >= 15 is 0 Å². The zero-order valence-corrected chi connectivity index (χ0v) is 12.7. The summed E-state index contributed by atoms with van der Waals surface area (Å²) in [7, 11) is 1.69. The van der Waals surface area contributed by atoms with Gasteiger partial charge in [0, 0.05) is 33.4 Å². The highest BCUT2D eigenvalue weighted by molar-refractivity contribution is 5.79. The molecule has 1 saturated carbocycles. The Labute approximate surface area is 121 Å². The van der Waals surface area contributed by atoms with Crippen molar-refractivity contribution in [1.29, 1.82) is 0 Å². The molecule has 0 radical (unpaired) electrons. The first kappa shape index (κ1) is 17.2. The summed E-state index contributed by atoms with van der Waals surface area (Å²) in [6.45, 7) is 5.83. The van der Waals surface area contributed by atoms with E-state index < -0.39 is 6.10 Å². The SMILES string of the molecule is CCNC(=NCC(O)COCC1CC1)NCCCOC. The van der Waals surface area contributed by atoms with Gasteiger partial charge in [-0.2, -0.15) is 0 Å². The topological polar surface area (TPSA) is 75.1 Å². The molecule has 1 rings (SSSR count). The van der Waals surface area contributed by atoms with E-state index in [2.05, 4.69) is 15.6 Å². The highest BCUT2D eigenvalue weighted by Gasteiger charge is 2.21. The minimum atomic E-state index is -0.539. The summed E-state index contributed by atoms with van der Waals surface area (Å²) in [5.41, 5.74) is 0. The molecule has 0 aromatic heterocycles. The lowest BCUT2D eigenvalue weighted by Gasteiger charge is -2.13. The molecule has 6 heteroatoms. The molecule has 0 spiro atoms. The molecule has 0 heterocycles. The first-order valence-electron chi connectivity index (χ1n) is 7.53. The lowest BCUT2D eigenvalue weighted by molar-refractivity contribution is 0.0368. The highest BCUT2D eigenvalue weighted by Crippen LogP contribution is 2.28. The monoisotopic (exact) mass is 287 g/mol. The van der Waals surface area contributed by atoms with Gasteiger partial charge in [0.2, 0.25) is 0 Å². The average Bonchev–Trinajstić information content (AvgIpc) is 3.25. The number of rotatable bonds is 11. The van der Waals surface area contributed by atoms with E-state index in [1.54, 1.807) is 7.11 Å². The summed E-state index contributed by atoms with van der Waals surface area (Å²) in [6, 6.07) is 0. The number of aliphatic hydroxyl groups excluding tert-OH is 1. The Balaban J connectivity index is 2.13. The number of nitrogens with zero attached hydrogens (tertiary/aromatic N) is 1. The molecule has 0 aliphatic heterocycles. The maximum absolute atomic E-state index is 9.80. The standard InChI is InChI=1S/C14H29N3O3/c1-3-15-14(16-7-4-8-19-2)17-9-13(18)11-20-10-12-5-6-12/h12-13,18H,3-11H2,1-2H3,(H2,15,16,17). The third-order valence-corrected chi connectivity index (χ3v) is 2.98. The summed E-state index contributed by atoms with van der Waals surface area (Å²) >= 11 is 0. The average molecular weight is 287 g/mol. The molecule has 6 nitrogen and oxygen atoms in total. The molecule has 1 aliphatic carbocycles. The van der Waals surface area contributed by atoms with Gasteiger partial charge in [-0.05, 0) is 32.1 Å². The van der Waals surface area contributed by atoms with Crippen LogP contribution in [0.5, 0.6) is 0 Å². The first-order valence-corrected chi connectivity index (χ1v) is 7.53. The summed E-state index contributed by atoms with van der Waals surface area (Å²) in [5, 5.41) is 16.1. The van der Waals surface area contributed by atoms with Crippen LogP contribution in [-0.2, 0) is 9.47 Å². The van der Waals surface area contributed by atoms with E-state index in [1.807, 2.05) is 6.92 Å². The molecule has 0 saturated heterocycles. The molecule has 0 aromatic carbocycles. The van der Waals surface area contributed by atoms with Gasteiger partial charge in [0.05, 0.1) is 19.3 Å². The highest BCUT2D eigenvalue weighted by atomic mass is 16.5. The zero-order valence-electron chi connectivity index (χ0n) is 12.7. The lowest BCUT2D eigenvalue weighted by Crippen LogP contribution is -2.38. The van der Waals surface area contributed by atoms with Gasteiger partial charge >= 0.3 is 0 Å². The molecule has 0 bridgehead atoms. The fourth-order valence-corrected chi connectivity index (χ4v) is 1.67. The molecule has 0 amide bonds. The fourth-order valence-electron chi connectivity index (χ4n) is 1.67. The van der Waals surface area contributed by atoms with Crippen LogP contribution >= 0.6 is 0 Å². The van der Waals surface area contributed by atoms with E-state index in [-0.39, 0.29) is 0 Å². The number of aliphatic hydroxyl groups is 1. The minimum absolute atomic E-state index is 0.351. The molecule has 20 heavy (non-hydrogen) atoms. The Kier molecular flexibility index (Phi) is 9.36. The fraction of sp³-hybridized carbons (Fsp3) is 0.929. The Bertz CT molecular complexity index is 270. The third-order valence-electron chi connectivity index (χ3n) is 2.98. The molecule has 1 fully saturated rings. The Morgan fingerprint density at radius 1 is 1.40 bits per heavy atom. The molecule has 0 aromatic rings. The second kappa shape index (κ2) is 10.9. The van der Waals surface area contributed by atoms with Gasteiger partial charge in [0.25, 0.3) is 0 Å². The molecular formula is C14H29N3O3. The van der Waals surface area contributed by atoms with Crippen molar-refractivity contribution < 1.29 is 14.6 Å². The van der Waals surface area contributed by atoms with Crippen LogP contribution in [0.25, 0.3) is 0 Å². The first-order chi connectivity index (χ1) is 9.76. The van der Waals surface area contributed by atoms with Crippen molar-refractivity contribution in [2.75, 3.05) is 46.6 Å². The number of nitrogens with one attached hydrogen (secondary N) is 2. The maximum Gasteiger partial charge on any atom is 0.191 e. The van der Waals surface area contributed by atoms with Gasteiger partial charge in [-0.3, -0.25) is 4.99 Å². The summed E-state index contributed by atoms with van der Waals surface area (Å²) in [6.07, 6.45) is 2.92. The Morgan fingerprint density at radius 2 is 2.20 bits per heavy atom. The predicted octanol–water partition coefficient (Wildman–Crippen LogP) is 0.366. The van der Waals surface area contributed by atoms with Gasteiger partial charge in [-0.15, -0.1) is 0 Å². The summed E-state index contributed by atoms with van der Waals surface area (Å²) < 4.78 is 10.4. The van der Waals surface area contributed by atoms with Crippen molar-refractivity contribution in [2.45, 2.75) is 32.3 Å². The van der Waals surface area contributed by atoms with Crippen LogP contribution in [0.15, 0.2) is 4.99 Å². The lowest BCUT2D eigenvalue weighted by atomic mass is 10.4. The zero-order chi connectivity index (χ0) is 14.6. The van der Waals surface area contributed by atoms with Crippen LogP contribution in [-0.4, -0.2) is 63.7 Å². The molecular weight excluding hydrogens is 258 g/mol. The van der Waals surface area contributed by atoms with Gasteiger partial charge in [-0.25, -0.2) is 0 Å². The number of hydrogen-bond acceptors (Lipinski definition) is 4. The van der Waals surface area contributed by atoms with Crippen LogP contribution in [0.4, 0.5) is 0 Å². The summed E-state index contributed by atoms with van der Waals surface area (Å²) in [5.74, 6) is 1.45. The van der Waals surface area contributed by atoms with E-state index in [4.69, 9.17) is 9.47 Å². The minimum Gasteiger partial charge on any atom is -0.389 e. The Hall–Kier alpha value is -0.850. The molecule has 118 valence electrons. The molecule has 1 aliphatic rings. The maximum atomic E-state index is 9.80. The number of guanidine groups is 1. The largest absolute Gasteiger partial charge is 0.389 e. The normalized spacial score (nSPS) is 17.1. The Morgan fingerprint density at radius 3 is 2.85 bits per heavy atom. The van der Waals surface area contributed by atoms with Gasteiger partial charge < -0.3 is 25.2 Å². The van der Waals surface area contributed by atoms with E-state index in [0.29, 0.717) is 13.2 Å². The van der Waals surface area contributed by atoms with Gasteiger partial charge in [0.1, 0.15) is 0 Å². The van der Waals surface area contributed by atoms with E-state index in [0.717, 1.165) is 44.6 Å². The van der Waals surface area contributed by atoms with Crippen molar-refractivity contribution in [3.8, 4) is 0 Å². The van der Waals surface area contributed by atoms with Crippen LogP contribution in [0, 0.1) is 5.92 Å². The van der Waals surface area contributed by atoms with Gasteiger partial charge in [-0.1, -0.05) is 0 Å². The van der Waals surface area contributed by atoms with Crippen LogP contribution in [0.1, 0.15) is 26.2 Å². The number of ether oxygens (including phenoxy) is 2. The third kappa shape index (κ3) is 9.12. The van der Waals surface area contributed by atoms with Crippen molar-refractivity contribution in [3.05, 3.63) is 0 Å². The predicted molar refractivity (Wildman–Crippen MR) is 80.0 cm³/mol. The van der Waals surface area contributed by atoms with Crippen molar-refractivity contribution in [3.63, 3.8) is 0 Å². The quantitative estimate of drug-likeness (QED) is 0.291.